The number of hydrogen-bond acceptors (Lipinski definition) is 10. The minimum atomic E-state index is -0.513. The second kappa shape index (κ2) is 10.4. The highest BCUT2D eigenvalue weighted by Gasteiger charge is 2.30. The Bertz CT molecular complexity index is 1020. The number of anilines is 1. The van der Waals surface area contributed by atoms with Crippen LogP contribution in [0.4, 0.5) is 5.13 Å². The molecule has 3 aromatic rings. The maximum atomic E-state index is 12.8. The highest BCUT2D eigenvalue weighted by Crippen LogP contribution is 2.18. The molecular formula is C18H20N6O6S. The number of nitrogens with zero attached hydrogens (tertiary/aromatic N) is 4. The first-order valence-corrected chi connectivity index (χ1v) is 9.99. The number of nitrogens with one attached hydrogen (secondary N) is 1. The summed E-state index contributed by atoms with van der Waals surface area (Å²) in [7, 11) is 0. The number of hydrogen-bond donors (Lipinski definition) is 3. The molecule has 0 radical (unpaired) electrons. The standard InChI is InChI=1S/C17H18N6O4S.CH2O2/c18-17-22-21-13(28-17)7-19-14(24)10-8-23(5-6-26-9-10)16(25)15-20-11-3-1-2-4-12(11)27-15;2-1-3/h1-4,10H,5-9H2,(H2,18,22)(H,19,24);1H,(H,2,3). The highest BCUT2D eigenvalue weighted by atomic mass is 32.1. The van der Waals surface area contributed by atoms with Gasteiger partial charge in [0.05, 0.1) is 25.7 Å². The zero-order valence-corrected chi connectivity index (χ0v) is 17.1. The van der Waals surface area contributed by atoms with Gasteiger partial charge in [0.1, 0.15) is 10.5 Å². The highest BCUT2D eigenvalue weighted by molar-refractivity contribution is 7.15. The van der Waals surface area contributed by atoms with Gasteiger partial charge in [-0.15, -0.1) is 10.2 Å². The van der Waals surface area contributed by atoms with Crippen LogP contribution in [0.3, 0.4) is 0 Å². The van der Waals surface area contributed by atoms with E-state index in [0.29, 0.717) is 34.4 Å². The van der Waals surface area contributed by atoms with Crippen LogP contribution < -0.4 is 11.1 Å². The monoisotopic (exact) mass is 448 g/mol. The van der Waals surface area contributed by atoms with Crippen LogP contribution in [0.25, 0.3) is 11.1 Å². The third-order valence-electron chi connectivity index (χ3n) is 4.30. The lowest BCUT2D eigenvalue weighted by Gasteiger charge is -2.21. The van der Waals surface area contributed by atoms with Crippen molar-refractivity contribution in [3.05, 3.63) is 35.2 Å². The van der Waals surface area contributed by atoms with Gasteiger partial charge in [-0.2, -0.15) is 0 Å². The van der Waals surface area contributed by atoms with E-state index in [0.717, 1.165) is 0 Å². The number of para-hydroxylation sites is 2. The number of carboxylic acid groups (broad SMARTS) is 1. The van der Waals surface area contributed by atoms with Crippen LogP contribution in [0.2, 0.25) is 0 Å². The molecule has 31 heavy (non-hydrogen) atoms. The van der Waals surface area contributed by atoms with E-state index >= 15 is 0 Å². The summed E-state index contributed by atoms with van der Waals surface area (Å²) in [6.07, 6.45) is 0. The smallest absolute Gasteiger partial charge is 0.309 e. The molecule has 3 heterocycles. The molecule has 13 heteroatoms. The fourth-order valence-corrected chi connectivity index (χ4v) is 3.45. The number of aromatic nitrogens is 3. The summed E-state index contributed by atoms with van der Waals surface area (Å²) in [5.41, 5.74) is 6.69. The topological polar surface area (TPSA) is 174 Å². The molecule has 164 valence electrons. The Balaban J connectivity index is 0.000000858. The lowest BCUT2D eigenvalue weighted by Crippen LogP contribution is -2.41. The van der Waals surface area contributed by atoms with Crippen molar-refractivity contribution in [3.8, 4) is 0 Å². The van der Waals surface area contributed by atoms with E-state index in [9.17, 15) is 9.59 Å². The van der Waals surface area contributed by atoms with E-state index in [1.54, 1.807) is 12.1 Å². The second-order valence-electron chi connectivity index (χ2n) is 6.37. The summed E-state index contributed by atoms with van der Waals surface area (Å²) in [5.74, 6) is -1.10. The number of carbonyl (C=O) groups excluding carboxylic acids is 2. The number of benzene rings is 1. The van der Waals surface area contributed by atoms with Crippen LogP contribution in [0, 0.1) is 5.92 Å². The average Bonchev–Trinajstić information content (AvgIpc) is 3.30. The predicted octanol–water partition coefficient (Wildman–Crippen LogP) is 0.367. The number of nitrogens with two attached hydrogens (primary N) is 1. The molecule has 4 N–H and O–H groups in total. The molecule has 1 fully saturated rings. The van der Waals surface area contributed by atoms with Crippen molar-refractivity contribution >= 4 is 45.9 Å². The van der Waals surface area contributed by atoms with Crippen LogP contribution in [0.1, 0.15) is 15.7 Å². The summed E-state index contributed by atoms with van der Waals surface area (Å²) in [6.45, 7) is 1.10. The van der Waals surface area contributed by atoms with Crippen molar-refractivity contribution in [1.29, 1.82) is 0 Å². The Labute approximate surface area is 180 Å². The third-order valence-corrected chi connectivity index (χ3v) is 5.05. The van der Waals surface area contributed by atoms with Gasteiger partial charge in [0.2, 0.25) is 11.0 Å². The molecule has 0 spiro atoms. The molecule has 0 saturated carbocycles. The van der Waals surface area contributed by atoms with Crippen molar-refractivity contribution in [2.45, 2.75) is 6.54 Å². The zero-order chi connectivity index (χ0) is 22.2. The van der Waals surface area contributed by atoms with Gasteiger partial charge >= 0.3 is 5.91 Å². The maximum Gasteiger partial charge on any atom is 0.309 e. The summed E-state index contributed by atoms with van der Waals surface area (Å²) in [5, 5.41) is 18.2. The predicted molar refractivity (Wildman–Crippen MR) is 109 cm³/mol. The molecule has 4 rings (SSSR count). The molecule has 12 nitrogen and oxygen atoms in total. The molecule has 1 aliphatic rings. The minimum Gasteiger partial charge on any atom is -0.483 e. The number of amides is 2. The quantitative estimate of drug-likeness (QED) is 0.473. The van der Waals surface area contributed by atoms with Gasteiger partial charge in [0.15, 0.2) is 5.58 Å². The van der Waals surface area contributed by atoms with E-state index < -0.39 is 5.92 Å². The number of rotatable bonds is 4. The van der Waals surface area contributed by atoms with Gasteiger partial charge in [-0.3, -0.25) is 14.4 Å². The molecule has 2 aromatic heterocycles. The van der Waals surface area contributed by atoms with Gasteiger partial charge in [-0.05, 0) is 12.1 Å². The van der Waals surface area contributed by atoms with Crippen molar-refractivity contribution in [2.75, 3.05) is 32.0 Å². The maximum absolute atomic E-state index is 12.8. The van der Waals surface area contributed by atoms with E-state index in [2.05, 4.69) is 20.5 Å². The molecule has 0 aliphatic carbocycles. The first kappa shape index (κ1) is 22.1. The first-order chi connectivity index (χ1) is 15.0. The molecule has 0 bridgehead atoms. The van der Waals surface area contributed by atoms with E-state index in [1.165, 1.54) is 16.2 Å². The fraction of sp³-hybridized carbons (Fsp3) is 0.333. The number of carbonyl (C=O) groups is 3. The fourth-order valence-electron chi connectivity index (χ4n) is 2.90. The van der Waals surface area contributed by atoms with Gasteiger partial charge in [-0.1, -0.05) is 23.5 Å². The van der Waals surface area contributed by atoms with Gasteiger partial charge in [-0.25, -0.2) is 4.98 Å². The van der Waals surface area contributed by atoms with Gasteiger partial charge < -0.3 is 30.2 Å². The van der Waals surface area contributed by atoms with Crippen LogP contribution >= 0.6 is 11.3 Å². The number of oxazole rings is 1. The first-order valence-electron chi connectivity index (χ1n) is 9.17. The van der Waals surface area contributed by atoms with Crippen LogP contribution in [0.15, 0.2) is 28.7 Å². The van der Waals surface area contributed by atoms with Crippen molar-refractivity contribution < 1.29 is 28.6 Å². The number of ether oxygens (including phenoxy) is 1. The van der Waals surface area contributed by atoms with Crippen LogP contribution in [0.5, 0.6) is 0 Å². The molecule has 2 amide bonds. The lowest BCUT2D eigenvalue weighted by atomic mass is 10.1. The molecule has 1 saturated heterocycles. The van der Waals surface area contributed by atoms with E-state index in [4.69, 9.17) is 24.8 Å². The third kappa shape index (κ3) is 5.73. The largest absolute Gasteiger partial charge is 0.483 e. The Morgan fingerprint density at radius 3 is 2.84 bits per heavy atom. The van der Waals surface area contributed by atoms with E-state index in [1.807, 2.05) is 12.1 Å². The second-order valence-corrected chi connectivity index (χ2v) is 7.46. The van der Waals surface area contributed by atoms with Crippen LogP contribution in [-0.4, -0.2) is 69.8 Å². The summed E-state index contributed by atoms with van der Waals surface area (Å²) in [6, 6.07) is 7.16. The molecular weight excluding hydrogens is 428 g/mol. The Morgan fingerprint density at radius 1 is 1.35 bits per heavy atom. The summed E-state index contributed by atoms with van der Waals surface area (Å²) >= 11 is 1.21. The van der Waals surface area contributed by atoms with Crippen molar-refractivity contribution in [3.63, 3.8) is 0 Å². The van der Waals surface area contributed by atoms with Gasteiger partial charge in [0, 0.05) is 13.1 Å². The average molecular weight is 448 g/mol. The molecule has 1 aliphatic heterocycles. The Hall–Kier alpha value is -3.58. The van der Waals surface area contributed by atoms with Crippen molar-refractivity contribution in [1.82, 2.24) is 25.4 Å². The van der Waals surface area contributed by atoms with Crippen molar-refractivity contribution in [2.24, 2.45) is 5.92 Å². The number of nitrogen functional groups attached to an aromatic ring is 1. The molecule has 1 atom stereocenters. The SMILES string of the molecule is Nc1nnc(CNC(=O)C2COCCN(C(=O)c3nc4ccccc4o3)C2)s1.O=CO. The Kier molecular flexibility index (Phi) is 7.45. The summed E-state index contributed by atoms with van der Waals surface area (Å²) < 4.78 is 11.1. The minimum absolute atomic E-state index is 0.00610. The van der Waals surface area contributed by atoms with Crippen LogP contribution in [-0.2, 0) is 20.9 Å². The van der Waals surface area contributed by atoms with Gasteiger partial charge in [0.25, 0.3) is 12.4 Å². The lowest BCUT2D eigenvalue weighted by molar-refractivity contribution is -0.127. The molecule has 1 unspecified atom stereocenters. The summed E-state index contributed by atoms with van der Waals surface area (Å²) in [4.78, 5) is 39.5. The zero-order valence-electron chi connectivity index (χ0n) is 16.3. The van der Waals surface area contributed by atoms with E-state index in [-0.39, 0.29) is 43.9 Å². The number of fused-ring (bicyclic) bond motifs is 1. The molecule has 1 aromatic carbocycles. The normalized spacial score (nSPS) is 16.1. The Morgan fingerprint density at radius 2 is 2.13 bits per heavy atom.